The van der Waals surface area contributed by atoms with Crippen LogP contribution >= 0.6 is 0 Å². The van der Waals surface area contributed by atoms with Crippen LogP contribution in [0.1, 0.15) is 16.8 Å². The van der Waals surface area contributed by atoms with Gasteiger partial charge in [-0.3, -0.25) is 4.99 Å². The lowest BCUT2D eigenvalue weighted by Gasteiger charge is -2.12. The summed E-state index contributed by atoms with van der Waals surface area (Å²) >= 11 is 0. The molecule has 0 saturated heterocycles. The Morgan fingerprint density at radius 1 is 0.528 bits per heavy atom. The van der Waals surface area contributed by atoms with Crippen LogP contribution < -0.4 is 0 Å². The van der Waals surface area contributed by atoms with Gasteiger partial charge in [0.25, 0.3) is 0 Å². The van der Waals surface area contributed by atoms with E-state index >= 15 is 0 Å². The van der Waals surface area contributed by atoms with E-state index < -0.39 is 0 Å². The lowest BCUT2D eigenvalue weighted by atomic mass is 9.97. The molecule has 0 unspecified atom stereocenters. The van der Waals surface area contributed by atoms with Gasteiger partial charge in [0.15, 0.2) is 0 Å². The predicted molar refractivity (Wildman–Crippen MR) is 222 cm³/mol. The Morgan fingerprint density at radius 3 is 1.92 bits per heavy atom. The standard InChI is InChI=1S/C49H33N3O/c1-50-24-8-10-36-26-35-9-2-5-13-45(35)51(36)37-20-18-34-25-33-17-16-31(27-41(33)42(34)29-37)32-19-22-48-43(28-32)44-30-38(21-23-49(44)53-48)52-46-14-6-3-11-39(46)40-12-4-7-15-47(40)52/h2-24,26-30H,25H2,1H3/b10-8-,50-24?. The van der Waals surface area contributed by atoms with Gasteiger partial charge < -0.3 is 13.6 Å². The first-order valence-corrected chi connectivity index (χ1v) is 18.1. The van der Waals surface area contributed by atoms with Crippen molar-refractivity contribution < 1.29 is 4.42 Å². The molecule has 3 aromatic heterocycles. The Morgan fingerprint density at radius 2 is 1.13 bits per heavy atom. The molecule has 3 heterocycles. The maximum absolute atomic E-state index is 6.41. The minimum Gasteiger partial charge on any atom is -0.456 e. The fraction of sp³-hybridized carbons (Fsp3) is 0.0408. The van der Waals surface area contributed by atoms with Gasteiger partial charge >= 0.3 is 0 Å². The van der Waals surface area contributed by atoms with Crippen LogP contribution in [-0.4, -0.2) is 22.4 Å². The van der Waals surface area contributed by atoms with Gasteiger partial charge in [-0.25, -0.2) is 0 Å². The van der Waals surface area contributed by atoms with E-state index in [0.29, 0.717) is 0 Å². The summed E-state index contributed by atoms with van der Waals surface area (Å²) in [5, 5.41) is 5.97. The van der Waals surface area contributed by atoms with Crippen molar-refractivity contribution >= 4 is 66.9 Å². The second kappa shape index (κ2) is 11.6. The molecular formula is C49H33N3O. The number of nitrogens with zero attached hydrogens (tertiary/aromatic N) is 3. The summed E-state index contributed by atoms with van der Waals surface area (Å²) in [6.45, 7) is 0. The Hall–Kier alpha value is -6.91. The van der Waals surface area contributed by atoms with Crippen LogP contribution in [0.5, 0.6) is 0 Å². The van der Waals surface area contributed by atoms with Gasteiger partial charge in [-0.05, 0) is 125 Å². The SMILES string of the molecule is CN=C/C=C\c1cc2ccccc2n1-c1ccc2c(c1)-c1cc(-c3ccc4oc5ccc(-n6c7ccccc7c7ccccc76)cc5c4c3)ccc1C2. The number of rotatable bonds is 5. The molecule has 4 heteroatoms. The minimum atomic E-state index is 0.894. The predicted octanol–water partition coefficient (Wildman–Crippen LogP) is 12.6. The summed E-state index contributed by atoms with van der Waals surface area (Å²) < 4.78 is 11.1. The average Bonchev–Trinajstić information content (AvgIpc) is 3.96. The Bertz CT molecular complexity index is 3110. The third-order valence-corrected chi connectivity index (χ3v) is 11.0. The fourth-order valence-corrected chi connectivity index (χ4v) is 8.57. The smallest absolute Gasteiger partial charge is 0.135 e. The molecular weight excluding hydrogens is 647 g/mol. The minimum absolute atomic E-state index is 0.894. The van der Waals surface area contributed by atoms with E-state index in [-0.39, 0.29) is 0 Å². The molecule has 0 fully saturated rings. The molecule has 1 aliphatic rings. The summed E-state index contributed by atoms with van der Waals surface area (Å²) in [6.07, 6.45) is 6.91. The second-order valence-electron chi connectivity index (χ2n) is 14.0. The van der Waals surface area contributed by atoms with Gasteiger partial charge in [0, 0.05) is 57.3 Å². The molecule has 0 spiro atoms. The van der Waals surface area contributed by atoms with E-state index in [1.807, 2.05) is 12.3 Å². The molecule has 250 valence electrons. The van der Waals surface area contributed by atoms with Crippen LogP contribution in [0, 0.1) is 0 Å². The van der Waals surface area contributed by atoms with Crippen molar-refractivity contribution in [3.8, 4) is 33.6 Å². The highest BCUT2D eigenvalue weighted by Crippen LogP contribution is 2.42. The number of aromatic nitrogens is 2. The molecule has 0 saturated carbocycles. The van der Waals surface area contributed by atoms with Crippen molar-refractivity contribution in [1.29, 1.82) is 0 Å². The number of fused-ring (bicyclic) bond motifs is 10. The van der Waals surface area contributed by atoms with E-state index in [9.17, 15) is 0 Å². The molecule has 7 aromatic carbocycles. The molecule has 0 amide bonds. The summed E-state index contributed by atoms with van der Waals surface area (Å²) in [4.78, 5) is 4.15. The van der Waals surface area contributed by atoms with E-state index in [4.69, 9.17) is 4.42 Å². The summed E-state index contributed by atoms with van der Waals surface area (Å²) in [7, 11) is 1.80. The van der Waals surface area contributed by atoms with Crippen LogP contribution in [0.4, 0.5) is 0 Å². The first kappa shape index (κ1) is 29.8. The molecule has 10 aromatic rings. The second-order valence-corrected chi connectivity index (χ2v) is 14.0. The zero-order valence-corrected chi connectivity index (χ0v) is 29.1. The third-order valence-electron chi connectivity index (χ3n) is 11.0. The van der Waals surface area contributed by atoms with Gasteiger partial charge in [0.1, 0.15) is 11.2 Å². The van der Waals surface area contributed by atoms with Gasteiger partial charge in [0.2, 0.25) is 0 Å². The summed E-state index contributed by atoms with van der Waals surface area (Å²) in [5.74, 6) is 0. The largest absolute Gasteiger partial charge is 0.456 e. The monoisotopic (exact) mass is 679 g/mol. The molecule has 11 rings (SSSR count). The Kier molecular flexibility index (Phi) is 6.49. The first-order valence-electron chi connectivity index (χ1n) is 18.1. The number of furan rings is 1. The summed E-state index contributed by atoms with van der Waals surface area (Å²) in [6, 6.07) is 55.2. The van der Waals surface area contributed by atoms with Crippen LogP contribution in [0.15, 0.2) is 167 Å². The van der Waals surface area contributed by atoms with E-state index in [1.54, 1.807) is 7.05 Å². The highest BCUT2D eigenvalue weighted by atomic mass is 16.3. The van der Waals surface area contributed by atoms with Gasteiger partial charge in [0.05, 0.1) is 16.6 Å². The maximum Gasteiger partial charge on any atom is 0.135 e. The number of allylic oxidation sites excluding steroid dienone is 1. The van der Waals surface area contributed by atoms with Crippen molar-refractivity contribution in [2.75, 3.05) is 7.05 Å². The molecule has 53 heavy (non-hydrogen) atoms. The van der Waals surface area contributed by atoms with Crippen molar-refractivity contribution in [2.24, 2.45) is 4.99 Å². The fourth-order valence-electron chi connectivity index (χ4n) is 8.57. The quantitative estimate of drug-likeness (QED) is 0.167. The molecule has 1 aliphatic carbocycles. The van der Waals surface area contributed by atoms with Crippen LogP contribution in [0.2, 0.25) is 0 Å². The zero-order chi connectivity index (χ0) is 35.0. The zero-order valence-electron chi connectivity index (χ0n) is 29.1. The van der Waals surface area contributed by atoms with Gasteiger partial charge in [-0.15, -0.1) is 0 Å². The lowest BCUT2D eigenvalue weighted by Crippen LogP contribution is -1.97. The number of benzene rings is 7. The Balaban J connectivity index is 1.02. The highest BCUT2D eigenvalue weighted by molar-refractivity contribution is 6.11. The third kappa shape index (κ3) is 4.59. The van der Waals surface area contributed by atoms with E-state index in [1.165, 1.54) is 66.1 Å². The van der Waals surface area contributed by atoms with E-state index in [0.717, 1.165) is 45.4 Å². The van der Waals surface area contributed by atoms with E-state index in [2.05, 4.69) is 172 Å². The van der Waals surface area contributed by atoms with Crippen LogP contribution in [-0.2, 0) is 6.42 Å². The van der Waals surface area contributed by atoms with Gasteiger partial charge in [-0.1, -0.05) is 78.9 Å². The number of hydrogen-bond acceptors (Lipinski definition) is 2. The maximum atomic E-state index is 6.41. The molecule has 0 aliphatic heterocycles. The van der Waals surface area contributed by atoms with Crippen molar-refractivity contribution in [2.45, 2.75) is 6.42 Å². The van der Waals surface area contributed by atoms with Crippen molar-refractivity contribution in [3.05, 3.63) is 175 Å². The summed E-state index contributed by atoms with van der Waals surface area (Å²) in [5.41, 5.74) is 16.5. The molecule has 0 bridgehead atoms. The molecule has 0 atom stereocenters. The van der Waals surface area contributed by atoms with Crippen molar-refractivity contribution in [1.82, 2.24) is 9.13 Å². The highest BCUT2D eigenvalue weighted by Gasteiger charge is 2.21. The van der Waals surface area contributed by atoms with Crippen molar-refractivity contribution in [3.63, 3.8) is 0 Å². The lowest BCUT2D eigenvalue weighted by molar-refractivity contribution is 0.669. The molecule has 0 N–H and O–H groups in total. The van der Waals surface area contributed by atoms with Crippen LogP contribution in [0.25, 0.3) is 94.4 Å². The normalized spacial score (nSPS) is 12.8. The molecule has 4 nitrogen and oxygen atoms in total. The molecule has 0 radical (unpaired) electrons. The van der Waals surface area contributed by atoms with Crippen LogP contribution in [0.3, 0.4) is 0 Å². The first-order chi connectivity index (χ1) is 26.2. The average molecular weight is 680 g/mol. The van der Waals surface area contributed by atoms with Gasteiger partial charge in [-0.2, -0.15) is 0 Å². The number of hydrogen-bond donors (Lipinski definition) is 0. The Labute approximate surface area is 306 Å². The number of para-hydroxylation sites is 3. The number of aliphatic imine (C=N–C) groups is 1. The topological polar surface area (TPSA) is 35.4 Å².